The van der Waals surface area contributed by atoms with Crippen LogP contribution < -0.4 is 16.2 Å². The van der Waals surface area contributed by atoms with Gasteiger partial charge in [-0.25, -0.2) is 0 Å². The van der Waals surface area contributed by atoms with E-state index >= 15 is 0 Å². The first-order valence-electron chi connectivity index (χ1n) is 7.20. The molecule has 5 heteroatoms. The Hall–Kier alpha value is -1.91. The fraction of sp³-hybridized carbons (Fsp3) is 0.111. The number of benzene rings is 3. The van der Waals surface area contributed by atoms with Crippen LogP contribution in [0.4, 0.5) is 17.1 Å². The number of aryl methyl sites for hydroxylation is 1. The summed E-state index contributed by atoms with van der Waals surface area (Å²) in [5.74, 6) is 0. The number of anilines is 3. The molecule has 0 saturated carbocycles. The Kier molecular flexibility index (Phi) is 4.37. The number of rotatable bonds is 3. The third-order valence-corrected chi connectivity index (χ3v) is 4.72. The van der Waals surface area contributed by atoms with Crippen LogP contribution in [0.25, 0.3) is 10.8 Å². The summed E-state index contributed by atoms with van der Waals surface area (Å²) in [6.07, 6.45) is 0. The number of nitrogens with one attached hydrogen (secondary N) is 1. The zero-order chi connectivity index (χ0) is 16.6. The molecule has 3 rings (SSSR count). The molecule has 3 aromatic carbocycles. The van der Waals surface area contributed by atoms with Gasteiger partial charge in [-0.3, -0.25) is 10.4 Å². The Labute approximate surface area is 149 Å². The van der Waals surface area contributed by atoms with Gasteiger partial charge in [-0.1, -0.05) is 35.9 Å². The molecular weight excluding hydrogens is 374 g/mol. The normalized spacial score (nSPS) is 10.8. The third kappa shape index (κ3) is 3.09. The first-order chi connectivity index (χ1) is 11.0. The zero-order valence-electron chi connectivity index (χ0n) is 12.9. The number of hydrazine groups is 1. The standard InChI is InChI=1S/C18H17BrClN3/c1-11-9-16(18(21)14-6-4-3-5-13(11)14)22-23(2)17-8-7-12(20)10-15(17)19/h3-10,22H,21H2,1-2H3. The molecule has 3 nitrogen and oxygen atoms in total. The molecule has 0 heterocycles. The van der Waals surface area contributed by atoms with E-state index in [0.717, 1.165) is 26.9 Å². The SMILES string of the molecule is Cc1cc(NN(C)c2ccc(Cl)cc2Br)c(N)c2ccccc12. The highest BCUT2D eigenvalue weighted by molar-refractivity contribution is 9.10. The van der Waals surface area contributed by atoms with Crippen molar-refractivity contribution in [3.63, 3.8) is 0 Å². The van der Waals surface area contributed by atoms with Crippen LogP contribution in [0.1, 0.15) is 5.56 Å². The minimum Gasteiger partial charge on any atom is -0.396 e. The van der Waals surface area contributed by atoms with Crippen LogP contribution in [0.15, 0.2) is 53.0 Å². The van der Waals surface area contributed by atoms with Gasteiger partial charge >= 0.3 is 0 Å². The lowest BCUT2D eigenvalue weighted by molar-refractivity contribution is 1.09. The van der Waals surface area contributed by atoms with Crippen LogP contribution in [0.5, 0.6) is 0 Å². The fourth-order valence-electron chi connectivity index (χ4n) is 2.67. The monoisotopic (exact) mass is 389 g/mol. The average molecular weight is 391 g/mol. The smallest absolute Gasteiger partial charge is 0.0780 e. The molecule has 0 aromatic heterocycles. The van der Waals surface area contributed by atoms with Gasteiger partial charge in [-0.2, -0.15) is 0 Å². The number of nitrogens with zero attached hydrogens (tertiary/aromatic N) is 1. The van der Waals surface area contributed by atoms with Gasteiger partial charge in [0.1, 0.15) is 0 Å². The number of hydrogen-bond acceptors (Lipinski definition) is 3. The molecule has 23 heavy (non-hydrogen) atoms. The van der Waals surface area contributed by atoms with Gasteiger partial charge in [0, 0.05) is 21.9 Å². The van der Waals surface area contributed by atoms with E-state index in [0.29, 0.717) is 5.02 Å². The first-order valence-corrected chi connectivity index (χ1v) is 8.37. The largest absolute Gasteiger partial charge is 0.396 e. The molecule has 0 bridgehead atoms. The van der Waals surface area contributed by atoms with E-state index in [2.05, 4.69) is 40.4 Å². The number of nitrogen functional groups attached to an aromatic ring is 1. The Morgan fingerprint density at radius 3 is 2.48 bits per heavy atom. The highest BCUT2D eigenvalue weighted by Gasteiger charge is 2.11. The van der Waals surface area contributed by atoms with Crippen LogP contribution in [0.2, 0.25) is 5.02 Å². The lowest BCUT2D eigenvalue weighted by atomic mass is 10.0. The molecule has 0 amide bonds. The van der Waals surface area contributed by atoms with Crippen molar-refractivity contribution in [3.8, 4) is 0 Å². The van der Waals surface area contributed by atoms with E-state index in [1.165, 1.54) is 10.9 Å². The van der Waals surface area contributed by atoms with E-state index in [9.17, 15) is 0 Å². The lowest BCUT2D eigenvalue weighted by Crippen LogP contribution is -2.25. The third-order valence-electron chi connectivity index (χ3n) is 3.85. The molecule has 3 N–H and O–H groups in total. The highest BCUT2D eigenvalue weighted by Crippen LogP contribution is 2.34. The second-order valence-electron chi connectivity index (χ2n) is 5.47. The molecule has 3 aromatic rings. The minimum absolute atomic E-state index is 0.690. The van der Waals surface area contributed by atoms with E-state index < -0.39 is 0 Å². The summed E-state index contributed by atoms with van der Waals surface area (Å²) in [6.45, 7) is 2.09. The van der Waals surface area contributed by atoms with Gasteiger partial charge in [0.25, 0.3) is 0 Å². The summed E-state index contributed by atoms with van der Waals surface area (Å²) in [5.41, 5.74) is 13.5. The molecule has 0 unspecified atom stereocenters. The van der Waals surface area contributed by atoms with Crippen molar-refractivity contribution >= 4 is 55.4 Å². The van der Waals surface area contributed by atoms with Crippen LogP contribution in [-0.2, 0) is 0 Å². The average Bonchev–Trinajstić information content (AvgIpc) is 2.52. The quantitative estimate of drug-likeness (QED) is 0.451. The number of hydrogen-bond donors (Lipinski definition) is 2. The van der Waals surface area contributed by atoms with Crippen molar-refractivity contribution in [2.24, 2.45) is 0 Å². The summed E-state index contributed by atoms with van der Waals surface area (Å²) in [5, 5.41) is 4.83. The maximum atomic E-state index is 6.35. The van der Waals surface area contributed by atoms with Crippen LogP contribution in [0, 0.1) is 6.92 Å². The van der Waals surface area contributed by atoms with E-state index in [1.54, 1.807) is 0 Å². The molecule has 118 valence electrons. The summed E-state index contributed by atoms with van der Waals surface area (Å²) in [6, 6.07) is 15.9. The van der Waals surface area contributed by atoms with E-state index in [4.69, 9.17) is 17.3 Å². The van der Waals surface area contributed by atoms with Gasteiger partial charge in [0.2, 0.25) is 0 Å². The highest BCUT2D eigenvalue weighted by atomic mass is 79.9. The van der Waals surface area contributed by atoms with E-state index in [1.807, 2.05) is 48.5 Å². The van der Waals surface area contributed by atoms with Crippen molar-refractivity contribution in [1.29, 1.82) is 0 Å². The van der Waals surface area contributed by atoms with Gasteiger partial charge in [-0.05, 0) is 58.1 Å². The second kappa shape index (κ2) is 6.30. The maximum absolute atomic E-state index is 6.35. The van der Waals surface area contributed by atoms with Gasteiger partial charge in [0.15, 0.2) is 0 Å². The minimum atomic E-state index is 0.690. The molecule has 0 aliphatic carbocycles. The Bertz CT molecular complexity index is 880. The topological polar surface area (TPSA) is 41.3 Å². The predicted molar refractivity (Wildman–Crippen MR) is 104 cm³/mol. The molecule has 0 radical (unpaired) electrons. The molecule has 0 aliphatic heterocycles. The van der Waals surface area contributed by atoms with E-state index in [-0.39, 0.29) is 0 Å². The summed E-state index contributed by atoms with van der Waals surface area (Å²) in [7, 11) is 1.94. The van der Waals surface area contributed by atoms with Crippen molar-refractivity contribution in [1.82, 2.24) is 0 Å². The maximum Gasteiger partial charge on any atom is 0.0780 e. The van der Waals surface area contributed by atoms with Crippen molar-refractivity contribution in [2.45, 2.75) is 6.92 Å². The van der Waals surface area contributed by atoms with Gasteiger partial charge in [-0.15, -0.1) is 0 Å². The molecule has 0 aliphatic rings. The van der Waals surface area contributed by atoms with Crippen LogP contribution >= 0.6 is 27.5 Å². The molecule has 0 saturated heterocycles. The predicted octanol–water partition coefficient (Wildman–Crippen LogP) is 5.61. The number of nitrogens with two attached hydrogens (primary N) is 1. The van der Waals surface area contributed by atoms with Crippen molar-refractivity contribution in [3.05, 3.63) is 63.6 Å². The first kappa shape index (κ1) is 16.0. The molecular formula is C18H17BrClN3. The van der Waals surface area contributed by atoms with Gasteiger partial charge in [0.05, 0.1) is 17.1 Å². The molecule has 0 spiro atoms. The lowest BCUT2D eigenvalue weighted by Gasteiger charge is -2.25. The Morgan fingerprint density at radius 1 is 1.09 bits per heavy atom. The summed E-state index contributed by atoms with van der Waals surface area (Å²) >= 11 is 9.54. The summed E-state index contributed by atoms with van der Waals surface area (Å²) in [4.78, 5) is 0. The Morgan fingerprint density at radius 2 is 1.78 bits per heavy atom. The molecule has 0 fully saturated rings. The molecule has 0 atom stereocenters. The summed E-state index contributed by atoms with van der Waals surface area (Å²) < 4.78 is 0.913. The Balaban J connectivity index is 1.99. The van der Waals surface area contributed by atoms with Gasteiger partial charge < -0.3 is 5.73 Å². The second-order valence-corrected chi connectivity index (χ2v) is 6.76. The number of halogens is 2. The number of fused-ring (bicyclic) bond motifs is 1. The van der Waals surface area contributed by atoms with Crippen LogP contribution in [-0.4, -0.2) is 7.05 Å². The zero-order valence-corrected chi connectivity index (χ0v) is 15.2. The van der Waals surface area contributed by atoms with Crippen molar-refractivity contribution < 1.29 is 0 Å². The van der Waals surface area contributed by atoms with Crippen molar-refractivity contribution in [2.75, 3.05) is 23.2 Å². The van der Waals surface area contributed by atoms with Crippen LogP contribution in [0.3, 0.4) is 0 Å². The fourth-order valence-corrected chi connectivity index (χ4v) is 3.61.